The van der Waals surface area contributed by atoms with Gasteiger partial charge in [-0.1, -0.05) is 56.5 Å². The van der Waals surface area contributed by atoms with Crippen molar-refractivity contribution in [3.05, 3.63) is 30.1 Å². The Balaban J connectivity index is 1.77. The molecule has 2 N–H and O–H groups in total. The fourth-order valence-corrected chi connectivity index (χ4v) is 3.69. The second-order valence-corrected chi connectivity index (χ2v) is 6.95. The number of aromatic nitrogens is 2. The molecular weight excluding hydrogens is 290 g/mol. The number of nitrogens with two attached hydrogens (primary N) is 1. The van der Waals surface area contributed by atoms with Gasteiger partial charge in [0.25, 0.3) is 0 Å². The number of thiocarbonyl (C=S) groups is 1. The fraction of sp³-hybridized carbons (Fsp3) is 0.556. The Morgan fingerprint density at radius 2 is 2.00 bits per heavy atom. The Labute approximate surface area is 137 Å². The average Bonchev–Trinajstić information content (AvgIpc) is 2.89. The van der Waals surface area contributed by atoms with Gasteiger partial charge in [-0.05, 0) is 24.5 Å². The van der Waals surface area contributed by atoms with Crippen molar-refractivity contribution in [3.8, 4) is 0 Å². The molecule has 1 aliphatic rings. The normalized spacial score (nSPS) is 16.2. The highest BCUT2D eigenvalue weighted by molar-refractivity contribution is 7.80. The Bertz CT molecular complexity index is 641. The minimum absolute atomic E-state index is 0.580. The number of fused-ring (bicyclic) bond motifs is 1. The lowest BCUT2D eigenvalue weighted by atomic mass is 9.86. The molecule has 1 saturated carbocycles. The van der Waals surface area contributed by atoms with Crippen LogP contribution in [-0.2, 0) is 13.0 Å². The number of hydrogen-bond acceptors (Lipinski definition) is 2. The molecule has 0 unspecified atom stereocenters. The van der Waals surface area contributed by atoms with Gasteiger partial charge in [0.05, 0.1) is 16.0 Å². The Kier molecular flexibility index (Phi) is 5.08. The second kappa shape index (κ2) is 7.23. The van der Waals surface area contributed by atoms with Crippen LogP contribution in [0.1, 0.15) is 50.8 Å². The van der Waals surface area contributed by atoms with Crippen molar-refractivity contribution in [2.45, 2.75) is 57.9 Å². The summed E-state index contributed by atoms with van der Waals surface area (Å²) in [7, 11) is 0. The van der Waals surface area contributed by atoms with Crippen LogP contribution in [0.5, 0.6) is 0 Å². The molecule has 1 aromatic carbocycles. The Hall–Kier alpha value is -1.42. The van der Waals surface area contributed by atoms with Crippen molar-refractivity contribution in [2.75, 3.05) is 0 Å². The molecule has 3 nitrogen and oxygen atoms in total. The lowest BCUT2D eigenvalue weighted by Gasteiger charge is -2.21. The summed E-state index contributed by atoms with van der Waals surface area (Å²) in [6, 6.07) is 8.37. The van der Waals surface area contributed by atoms with Gasteiger partial charge < -0.3 is 10.3 Å². The molecule has 22 heavy (non-hydrogen) atoms. The quantitative estimate of drug-likeness (QED) is 0.811. The Morgan fingerprint density at radius 1 is 1.23 bits per heavy atom. The van der Waals surface area contributed by atoms with Crippen molar-refractivity contribution in [3.63, 3.8) is 0 Å². The molecule has 0 bridgehead atoms. The summed E-state index contributed by atoms with van der Waals surface area (Å²) in [6.45, 7) is 0.843. The summed E-state index contributed by atoms with van der Waals surface area (Å²) in [6.07, 6.45) is 10.1. The molecule has 0 saturated heterocycles. The summed E-state index contributed by atoms with van der Waals surface area (Å²) >= 11 is 5.05. The molecule has 3 rings (SSSR count). The third-order valence-electron chi connectivity index (χ3n) is 4.82. The van der Waals surface area contributed by atoms with Crippen molar-refractivity contribution >= 4 is 28.2 Å². The van der Waals surface area contributed by atoms with Crippen molar-refractivity contribution in [1.29, 1.82) is 0 Å². The molecule has 1 fully saturated rings. The molecule has 4 heteroatoms. The van der Waals surface area contributed by atoms with Crippen LogP contribution in [0.3, 0.4) is 0 Å². The molecule has 2 aromatic rings. The molecule has 0 radical (unpaired) electrons. The highest BCUT2D eigenvalue weighted by atomic mass is 32.1. The third kappa shape index (κ3) is 3.67. The van der Waals surface area contributed by atoms with E-state index in [4.69, 9.17) is 22.9 Å². The predicted octanol–water partition coefficient (Wildman–Crippen LogP) is 4.23. The first-order valence-corrected chi connectivity index (χ1v) is 8.87. The molecule has 118 valence electrons. The first-order valence-electron chi connectivity index (χ1n) is 8.46. The van der Waals surface area contributed by atoms with E-state index in [1.165, 1.54) is 49.9 Å². The minimum atomic E-state index is 0.580. The maximum atomic E-state index is 5.69. The number of nitrogens with zero attached hydrogens (tertiary/aromatic N) is 2. The summed E-state index contributed by atoms with van der Waals surface area (Å²) in [5, 5.41) is 0. The first kappa shape index (κ1) is 15.5. The molecule has 0 aliphatic heterocycles. The SMILES string of the molecule is NC(=S)CCn1c(CCC2CCCCC2)nc2ccccc21. The zero-order chi connectivity index (χ0) is 15.4. The van der Waals surface area contributed by atoms with Crippen molar-refractivity contribution < 1.29 is 0 Å². The Morgan fingerprint density at radius 3 is 2.77 bits per heavy atom. The van der Waals surface area contributed by atoms with Gasteiger partial charge in [-0.3, -0.25) is 0 Å². The number of para-hydroxylation sites is 2. The van der Waals surface area contributed by atoms with E-state index in [1.807, 2.05) is 0 Å². The van der Waals surface area contributed by atoms with Crippen LogP contribution in [0.4, 0.5) is 0 Å². The summed E-state index contributed by atoms with van der Waals surface area (Å²) in [4.78, 5) is 5.43. The van der Waals surface area contributed by atoms with Crippen LogP contribution in [0.25, 0.3) is 11.0 Å². The topological polar surface area (TPSA) is 43.8 Å². The van der Waals surface area contributed by atoms with Crippen LogP contribution in [0, 0.1) is 5.92 Å². The van der Waals surface area contributed by atoms with E-state index >= 15 is 0 Å². The van der Waals surface area contributed by atoms with Gasteiger partial charge in [-0.15, -0.1) is 0 Å². The smallest absolute Gasteiger partial charge is 0.109 e. The van der Waals surface area contributed by atoms with Gasteiger partial charge >= 0.3 is 0 Å². The van der Waals surface area contributed by atoms with Crippen LogP contribution >= 0.6 is 12.2 Å². The molecular formula is C18H25N3S. The standard InChI is InChI=1S/C18H25N3S/c19-17(22)12-13-21-16-9-5-4-8-15(16)20-18(21)11-10-14-6-2-1-3-7-14/h4-5,8-9,14H,1-3,6-7,10-13H2,(H2,19,22). The lowest BCUT2D eigenvalue weighted by molar-refractivity contribution is 0.336. The van der Waals surface area contributed by atoms with Gasteiger partial charge in [0.1, 0.15) is 5.82 Å². The van der Waals surface area contributed by atoms with E-state index in [9.17, 15) is 0 Å². The lowest BCUT2D eigenvalue weighted by Crippen LogP contribution is -2.14. The summed E-state index contributed by atoms with van der Waals surface area (Å²) < 4.78 is 2.32. The molecule has 1 aromatic heterocycles. The number of imidazole rings is 1. The van der Waals surface area contributed by atoms with Gasteiger partial charge in [0, 0.05) is 19.4 Å². The number of benzene rings is 1. The highest BCUT2D eigenvalue weighted by Crippen LogP contribution is 2.28. The van der Waals surface area contributed by atoms with E-state index in [0.29, 0.717) is 4.99 Å². The van der Waals surface area contributed by atoms with E-state index in [-0.39, 0.29) is 0 Å². The fourth-order valence-electron chi connectivity index (χ4n) is 3.60. The first-order chi connectivity index (χ1) is 10.7. The van der Waals surface area contributed by atoms with Crippen molar-refractivity contribution in [1.82, 2.24) is 9.55 Å². The average molecular weight is 315 g/mol. The number of aryl methyl sites for hydroxylation is 2. The third-order valence-corrected chi connectivity index (χ3v) is 5.02. The largest absolute Gasteiger partial charge is 0.393 e. The van der Waals surface area contributed by atoms with Crippen molar-refractivity contribution in [2.24, 2.45) is 11.7 Å². The molecule has 0 spiro atoms. The molecule has 0 atom stereocenters. The van der Waals surface area contributed by atoms with Crippen LogP contribution in [0.15, 0.2) is 24.3 Å². The maximum Gasteiger partial charge on any atom is 0.109 e. The number of hydrogen-bond donors (Lipinski definition) is 1. The van der Waals surface area contributed by atoms with Crippen LogP contribution in [-0.4, -0.2) is 14.5 Å². The monoisotopic (exact) mass is 315 g/mol. The summed E-state index contributed by atoms with van der Waals surface area (Å²) in [5.41, 5.74) is 7.98. The minimum Gasteiger partial charge on any atom is -0.393 e. The van der Waals surface area contributed by atoms with E-state index in [0.717, 1.165) is 30.8 Å². The van der Waals surface area contributed by atoms with Crippen LogP contribution < -0.4 is 5.73 Å². The van der Waals surface area contributed by atoms with Gasteiger partial charge in [-0.25, -0.2) is 4.98 Å². The molecule has 1 heterocycles. The number of rotatable bonds is 6. The second-order valence-electron chi connectivity index (χ2n) is 6.43. The predicted molar refractivity (Wildman–Crippen MR) is 96.0 cm³/mol. The van der Waals surface area contributed by atoms with E-state index in [1.54, 1.807) is 0 Å². The highest BCUT2D eigenvalue weighted by Gasteiger charge is 2.16. The molecule has 1 aliphatic carbocycles. The van der Waals surface area contributed by atoms with Gasteiger partial charge in [0.2, 0.25) is 0 Å². The van der Waals surface area contributed by atoms with Gasteiger partial charge in [0.15, 0.2) is 0 Å². The maximum absolute atomic E-state index is 5.69. The zero-order valence-electron chi connectivity index (χ0n) is 13.1. The summed E-state index contributed by atoms with van der Waals surface area (Å²) in [5.74, 6) is 2.08. The van der Waals surface area contributed by atoms with E-state index in [2.05, 4.69) is 28.8 Å². The molecule has 0 amide bonds. The van der Waals surface area contributed by atoms with Crippen LogP contribution in [0.2, 0.25) is 0 Å². The van der Waals surface area contributed by atoms with E-state index < -0.39 is 0 Å². The van der Waals surface area contributed by atoms with Gasteiger partial charge in [-0.2, -0.15) is 0 Å². The zero-order valence-corrected chi connectivity index (χ0v) is 13.9.